The molecule has 0 unspecified atom stereocenters. The van der Waals surface area contributed by atoms with Gasteiger partial charge in [-0.1, -0.05) is 13.8 Å². The Labute approximate surface area is 123 Å². The van der Waals surface area contributed by atoms with Gasteiger partial charge in [0.05, 0.1) is 6.20 Å². The van der Waals surface area contributed by atoms with E-state index in [9.17, 15) is 17.6 Å². The van der Waals surface area contributed by atoms with Crippen LogP contribution >= 0.6 is 0 Å². The zero-order valence-corrected chi connectivity index (χ0v) is 12.7. The third-order valence-electron chi connectivity index (χ3n) is 2.82. The van der Waals surface area contributed by atoms with E-state index in [0.29, 0.717) is 6.42 Å². The standard InChI is InChI=1S/C13H19FN2O4S/c1-9(2)3-10(4-13(17)18)6-16-21(19,20)12-5-11(14)7-15-8-12/h5,7-10,16H,3-4,6H2,1-2H3,(H,17,18)/t10-/m0/s1. The van der Waals surface area contributed by atoms with Crippen molar-refractivity contribution in [1.82, 2.24) is 9.71 Å². The first kappa shape index (κ1) is 17.5. The zero-order chi connectivity index (χ0) is 16.0. The van der Waals surface area contributed by atoms with Crippen molar-refractivity contribution in [1.29, 1.82) is 0 Å². The maximum absolute atomic E-state index is 13.0. The Balaban J connectivity index is 2.75. The largest absolute Gasteiger partial charge is 0.481 e. The maximum atomic E-state index is 13.0. The van der Waals surface area contributed by atoms with Gasteiger partial charge in [-0.3, -0.25) is 9.78 Å². The number of aliphatic carboxylic acids is 1. The number of rotatable bonds is 8. The van der Waals surface area contributed by atoms with E-state index in [-0.39, 0.29) is 29.7 Å². The molecule has 1 heterocycles. The second-order valence-corrected chi connectivity index (χ2v) is 7.05. The molecule has 21 heavy (non-hydrogen) atoms. The molecule has 0 spiro atoms. The molecule has 0 radical (unpaired) electrons. The van der Waals surface area contributed by atoms with Gasteiger partial charge in [0.15, 0.2) is 0 Å². The van der Waals surface area contributed by atoms with E-state index in [1.807, 2.05) is 13.8 Å². The Bertz CT molecular complexity index is 590. The SMILES string of the molecule is CC(C)C[C@H](CNS(=O)(=O)c1cncc(F)c1)CC(=O)O. The van der Waals surface area contributed by atoms with Crippen molar-refractivity contribution >= 4 is 16.0 Å². The number of carboxylic acids is 1. The predicted octanol–water partition coefficient (Wildman–Crippen LogP) is 1.64. The number of nitrogens with zero attached hydrogens (tertiary/aromatic N) is 1. The first-order chi connectivity index (χ1) is 9.70. The van der Waals surface area contributed by atoms with E-state index < -0.39 is 21.8 Å². The second-order valence-electron chi connectivity index (χ2n) is 5.28. The van der Waals surface area contributed by atoms with Crippen LogP contribution in [0.1, 0.15) is 26.7 Å². The molecule has 0 bridgehead atoms. The van der Waals surface area contributed by atoms with Crippen molar-refractivity contribution in [3.63, 3.8) is 0 Å². The number of carbonyl (C=O) groups is 1. The van der Waals surface area contributed by atoms with E-state index in [4.69, 9.17) is 5.11 Å². The molecule has 8 heteroatoms. The van der Waals surface area contributed by atoms with Crippen molar-refractivity contribution in [3.8, 4) is 0 Å². The lowest BCUT2D eigenvalue weighted by molar-refractivity contribution is -0.138. The second kappa shape index (κ2) is 7.46. The number of hydrogen-bond acceptors (Lipinski definition) is 4. The Kier molecular flexibility index (Phi) is 6.22. The van der Waals surface area contributed by atoms with Crippen LogP contribution in [0, 0.1) is 17.7 Å². The van der Waals surface area contributed by atoms with Crippen LogP contribution in [0.3, 0.4) is 0 Å². The van der Waals surface area contributed by atoms with Crippen LogP contribution < -0.4 is 4.72 Å². The van der Waals surface area contributed by atoms with Gasteiger partial charge in [0.2, 0.25) is 10.0 Å². The van der Waals surface area contributed by atoms with Gasteiger partial charge in [-0.25, -0.2) is 17.5 Å². The van der Waals surface area contributed by atoms with Crippen LogP contribution in [-0.2, 0) is 14.8 Å². The number of halogens is 1. The van der Waals surface area contributed by atoms with Crippen LogP contribution in [0.2, 0.25) is 0 Å². The summed E-state index contributed by atoms with van der Waals surface area (Å²) >= 11 is 0. The van der Waals surface area contributed by atoms with Gasteiger partial charge < -0.3 is 5.11 Å². The number of nitrogens with one attached hydrogen (secondary N) is 1. The van der Waals surface area contributed by atoms with Crippen molar-refractivity contribution in [2.45, 2.75) is 31.6 Å². The molecule has 1 aromatic heterocycles. The van der Waals surface area contributed by atoms with Gasteiger partial charge in [-0.15, -0.1) is 0 Å². The summed E-state index contributed by atoms with van der Waals surface area (Å²) in [5, 5.41) is 8.84. The zero-order valence-electron chi connectivity index (χ0n) is 11.9. The summed E-state index contributed by atoms with van der Waals surface area (Å²) in [6, 6.07) is 0.865. The van der Waals surface area contributed by atoms with Gasteiger partial charge in [0.1, 0.15) is 10.7 Å². The highest BCUT2D eigenvalue weighted by atomic mass is 32.2. The third kappa shape index (κ3) is 6.17. The molecule has 0 saturated carbocycles. The van der Waals surface area contributed by atoms with Crippen molar-refractivity contribution < 1.29 is 22.7 Å². The topological polar surface area (TPSA) is 96.4 Å². The molecule has 118 valence electrons. The van der Waals surface area contributed by atoms with Gasteiger partial charge in [-0.2, -0.15) is 0 Å². The first-order valence-electron chi connectivity index (χ1n) is 6.52. The Morgan fingerprint density at radius 2 is 2.10 bits per heavy atom. The molecule has 0 aliphatic heterocycles. The van der Waals surface area contributed by atoms with Crippen LogP contribution in [0.5, 0.6) is 0 Å². The van der Waals surface area contributed by atoms with E-state index in [1.165, 1.54) is 0 Å². The van der Waals surface area contributed by atoms with Gasteiger partial charge in [-0.05, 0) is 24.3 Å². The van der Waals surface area contributed by atoms with E-state index in [1.54, 1.807) is 0 Å². The minimum absolute atomic E-state index is 0.0106. The molecule has 1 atom stereocenters. The third-order valence-corrected chi connectivity index (χ3v) is 4.21. The molecule has 1 aromatic rings. The summed E-state index contributed by atoms with van der Waals surface area (Å²) in [5.41, 5.74) is 0. The van der Waals surface area contributed by atoms with Crippen molar-refractivity contribution in [2.24, 2.45) is 11.8 Å². The van der Waals surface area contributed by atoms with Gasteiger partial charge >= 0.3 is 5.97 Å². The average Bonchev–Trinajstić information content (AvgIpc) is 2.35. The minimum Gasteiger partial charge on any atom is -0.481 e. The smallest absolute Gasteiger partial charge is 0.303 e. The predicted molar refractivity (Wildman–Crippen MR) is 74.6 cm³/mol. The number of pyridine rings is 1. The summed E-state index contributed by atoms with van der Waals surface area (Å²) < 4.78 is 39.3. The number of sulfonamides is 1. The summed E-state index contributed by atoms with van der Waals surface area (Å²) in [4.78, 5) is 14.0. The molecular formula is C13H19FN2O4S. The molecule has 0 aromatic carbocycles. The summed E-state index contributed by atoms with van der Waals surface area (Å²) in [6.07, 6.45) is 2.41. The first-order valence-corrected chi connectivity index (χ1v) is 8.01. The molecule has 6 nitrogen and oxygen atoms in total. The van der Waals surface area contributed by atoms with Crippen molar-refractivity contribution in [3.05, 3.63) is 24.3 Å². The molecule has 0 fully saturated rings. The molecule has 0 aliphatic rings. The summed E-state index contributed by atoms with van der Waals surface area (Å²) in [5.74, 6) is -1.80. The Hall–Kier alpha value is -1.54. The lowest BCUT2D eigenvalue weighted by Gasteiger charge is -2.17. The lowest BCUT2D eigenvalue weighted by Crippen LogP contribution is -2.31. The highest BCUT2D eigenvalue weighted by Crippen LogP contribution is 2.16. The Morgan fingerprint density at radius 3 is 2.62 bits per heavy atom. The molecule has 0 amide bonds. The highest BCUT2D eigenvalue weighted by molar-refractivity contribution is 7.89. The Morgan fingerprint density at radius 1 is 1.43 bits per heavy atom. The van der Waals surface area contributed by atoms with Crippen LogP contribution in [0.25, 0.3) is 0 Å². The fraction of sp³-hybridized carbons (Fsp3) is 0.538. The quantitative estimate of drug-likeness (QED) is 0.759. The number of aromatic nitrogens is 1. The monoisotopic (exact) mass is 318 g/mol. The molecule has 1 rings (SSSR count). The van der Waals surface area contributed by atoms with Crippen LogP contribution in [0.4, 0.5) is 4.39 Å². The fourth-order valence-electron chi connectivity index (χ4n) is 2.00. The normalized spacial score (nSPS) is 13.3. The molecule has 2 N–H and O–H groups in total. The molecule has 0 aliphatic carbocycles. The fourth-order valence-corrected chi connectivity index (χ4v) is 3.09. The molecular weight excluding hydrogens is 299 g/mol. The average molecular weight is 318 g/mol. The van der Waals surface area contributed by atoms with E-state index in [2.05, 4.69) is 9.71 Å². The van der Waals surface area contributed by atoms with Crippen LogP contribution in [-0.4, -0.2) is 31.0 Å². The molecule has 0 saturated heterocycles. The maximum Gasteiger partial charge on any atom is 0.303 e. The van der Waals surface area contributed by atoms with Crippen molar-refractivity contribution in [2.75, 3.05) is 6.54 Å². The lowest BCUT2D eigenvalue weighted by atomic mass is 9.94. The summed E-state index contributed by atoms with van der Waals surface area (Å²) in [7, 11) is -3.89. The number of carboxylic acid groups (broad SMARTS) is 1. The minimum atomic E-state index is -3.89. The van der Waals surface area contributed by atoms with E-state index >= 15 is 0 Å². The highest BCUT2D eigenvalue weighted by Gasteiger charge is 2.20. The summed E-state index contributed by atoms with van der Waals surface area (Å²) in [6.45, 7) is 3.85. The van der Waals surface area contributed by atoms with Gasteiger partial charge in [0.25, 0.3) is 0 Å². The number of hydrogen-bond donors (Lipinski definition) is 2. The van der Waals surface area contributed by atoms with Gasteiger partial charge in [0, 0.05) is 19.2 Å². The van der Waals surface area contributed by atoms with Crippen LogP contribution in [0.15, 0.2) is 23.4 Å². The van der Waals surface area contributed by atoms with E-state index in [0.717, 1.165) is 18.5 Å².